The highest BCUT2D eigenvalue weighted by Crippen LogP contribution is 2.40. The van der Waals surface area contributed by atoms with Crippen LogP contribution in [0.3, 0.4) is 0 Å². The molecule has 74 valence electrons. The molecule has 1 aromatic rings. The minimum absolute atomic E-state index is 0.0405. The molecule has 3 nitrogen and oxygen atoms in total. The molecule has 0 aromatic carbocycles. The molecular formula is C11H14N2O. The lowest BCUT2D eigenvalue weighted by Crippen LogP contribution is -2.27. The van der Waals surface area contributed by atoms with E-state index in [-0.39, 0.29) is 11.9 Å². The summed E-state index contributed by atoms with van der Waals surface area (Å²) in [6, 6.07) is 4.13. The molecule has 0 bridgehead atoms. The average Bonchev–Trinajstić information content (AvgIpc) is 2.99. The standard InChI is InChI=1S/C11H14N2O/c1-8(14)13-11(9-2-3-9)10-4-6-12-7-5-10/h4-7,9,11H,2-3H2,1H3,(H,13,14)/t11-/m0/s1. The lowest BCUT2D eigenvalue weighted by atomic mass is 10.0. The Hall–Kier alpha value is -1.38. The van der Waals surface area contributed by atoms with E-state index in [2.05, 4.69) is 10.3 Å². The van der Waals surface area contributed by atoms with E-state index in [0.29, 0.717) is 5.92 Å². The van der Waals surface area contributed by atoms with Crippen LogP contribution in [-0.2, 0) is 4.79 Å². The number of rotatable bonds is 3. The van der Waals surface area contributed by atoms with Gasteiger partial charge in [0.1, 0.15) is 0 Å². The number of hydrogen-bond donors (Lipinski definition) is 1. The Labute approximate surface area is 83.5 Å². The molecule has 1 aromatic heterocycles. The maximum atomic E-state index is 11.0. The van der Waals surface area contributed by atoms with Crippen molar-refractivity contribution in [3.63, 3.8) is 0 Å². The van der Waals surface area contributed by atoms with Crippen LogP contribution in [0.1, 0.15) is 31.4 Å². The van der Waals surface area contributed by atoms with Gasteiger partial charge in [-0.1, -0.05) is 0 Å². The Bertz CT molecular complexity index is 319. The van der Waals surface area contributed by atoms with Gasteiger partial charge in [0, 0.05) is 19.3 Å². The van der Waals surface area contributed by atoms with Crippen molar-refractivity contribution in [3.8, 4) is 0 Å². The molecule has 0 unspecified atom stereocenters. The zero-order valence-corrected chi connectivity index (χ0v) is 8.23. The lowest BCUT2D eigenvalue weighted by Gasteiger charge is -2.17. The van der Waals surface area contributed by atoms with Gasteiger partial charge in [-0.25, -0.2) is 0 Å². The molecule has 1 fully saturated rings. The third-order valence-electron chi connectivity index (χ3n) is 2.52. The Morgan fingerprint density at radius 3 is 2.64 bits per heavy atom. The minimum atomic E-state index is 0.0405. The van der Waals surface area contributed by atoms with Crippen molar-refractivity contribution >= 4 is 5.91 Å². The molecule has 2 rings (SSSR count). The van der Waals surface area contributed by atoms with E-state index in [1.54, 1.807) is 19.3 Å². The van der Waals surface area contributed by atoms with Crippen molar-refractivity contribution in [3.05, 3.63) is 30.1 Å². The van der Waals surface area contributed by atoms with Crippen LogP contribution in [-0.4, -0.2) is 10.9 Å². The summed E-state index contributed by atoms with van der Waals surface area (Å²) in [7, 11) is 0. The van der Waals surface area contributed by atoms with Gasteiger partial charge in [0.25, 0.3) is 0 Å². The molecule has 1 N–H and O–H groups in total. The fourth-order valence-corrected chi connectivity index (χ4v) is 1.69. The zero-order valence-electron chi connectivity index (χ0n) is 8.23. The van der Waals surface area contributed by atoms with Crippen LogP contribution in [0.5, 0.6) is 0 Å². The van der Waals surface area contributed by atoms with Crippen molar-refractivity contribution in [1.29, 1.82) is 0 Å². The summed E-state index contributed by atoms with van der Waals surface area (Å²) in [5, 5.41) is 2.99. The van der Waals surface area contributed by atoms with Gasteiger partial charge in [-0.2, -0.15) is 0 Å². The van der Waals surface area contributed by atoms with Gasteiger partial charge in [0.2, 0.25) is 5.91 Å². The summed E-state index contributed by atoms with van der Waals surface area (Å²) in [6.45, 7) is 1.57. The van der Waals surface area contributed by atoms with Crippen LogP contribution in [0.4, 0.5) is 0 Å². The summed E-state index contributed by atoms with van der Waals surface area (Å²) in [5.74, 6) is 0.667. The largest absolute Gasteiger partial charge is 0.349 e. The van der Waals surface area contributed by atoms with Gasteiger partial charge in [-0.15, -0.1) is 0 Å². The van der Waals surface area contributed by atoms with E-state index in [9.17, 15) is 4.79 Å². The Morgan fingerprint density at radius 2 is 2.14 bits per heavy atom. The lowest BCUT2D eigenvalue weighted by molar-refractivity contribution is -0.119. The molecule has 1 amide bonds. The fraction of sp³-hybridized carbons (Fsp3) is 0.455. The van der Waals surface area contributed by atoms with Crippen LogP contribution in [0.25, 0.3) is 0 Å². The molecule has 0 radical (unpaired) electrons. The smallest absolute Gasteiger partial charge is 0.217 e. The van der Waals surface area contributed by atoms with Crippen molar-refractivity contribution < 1.29 is 4.79 Å². The highest BCUT2D eigenvalue weighted by molar-refractivity contribution is 5.73. The predicted octanol–water partition coefficient (Wildman–Crippen LogP) is 1.67. The highest BCUT2D eigenvalue weighted by atomic mass is 16.1. The fourth-order valence-electron chi connectivity index (χ4n) is 1.69. The number of hydrogen-bond acceptors (Lipinski definition) is 2. The predicted molar refractivity (Wildman–Crippen MR) is 53.5 cm³/mol. The number of aromatic nitrogens is 1. The van der Waals surface area contributed by atoms with Crippen molar-refractivity contribution in [2.45, 2.75) is 25.8 Å². The van der Waals surface area contributed by atoms with E-state index >= 15 is 0 Å². The first-order valence-corrected chi connectivity index (χ1v) is 4.94. The average molecular weight is 190 g/mol. The normalized spacial score (nSPS) is 17.5. The van der Waals surface area contributed by atoms with Gasteiger partial charge in [-0.3, -0.25) is 9.78 Å². The van der Waals surface area contributed by atoms with Crippen LogP contribution >= 0.6 is 0 Å². The van der Waals surface area contributed by atoms with Gasteiger partial charge < -0.3 is 5.32 Å². The first-order valence-electron chi connectivity index (χ1n) is 4.94. The van der Waals surface area contributed by atoms with Gasteiger partial charge in [0.15, 0.2) is 0 Å². The SMILES string of the molecule is CC(=O)N[C@H](c1ccncc1)C1CC1. The van der Waals surface area contributed by atoms with E-state index in [1.807, 2.05) is 12.1 Å². The van der Waals surface area contributed by atoms with Gasteiger partial charge in [-0.05, 0) is 36.5 Å². The Kier molecular flexibility index (Phi) is 2.48. The minimum Gasteiger partial charge on any atom is -0.349 e. The van der Waals surface area contributed by atoms with Crippen LogP contribution in [0.2, 0.25) is 0 Å². The monoisotopic (exact) mass is 190 g/mol. The molecule has 1 aliphatic carbocycles. The summed E-state index contributed by atoms with van der Waals surface area (Å²) in [6.07, 6.45) is 5.97. The first-order chi connectivity index (χ1) is 6.77. The van der Waals surface area contributed by atoms with Crippen LogP contribution in [0, 0.1) is 5.92 Å². The van der Waals surface area contributed by atoms with Gasteiger partial charge in [0.05, 0.1) is 6.04 Å². The van der Waals surface area contributed by atoms with Crippen LogP contribution < -0.4 is 5.32 Å². The molecule has 0 saturated heterocycles. The molecular weight excluding hydrogens is 176 g/mol. The van der Waals surface area contributed by atoms with E-state index in [4.69, 9.17) is 0 Å². The number of amides is 1. The third-order valence-corrected chi connectivity index (χ3v) is 2.52. The van der Waals surface area contributed by atoms with Crippen molar-refractivity contribution in [1.82, 2.24) is 10.3 Å². The molecule has 1 aliphatic rings. The molecule has 1 atom stereocenters. The Morgan fingerprint density at radius 1 is 1.50 bits per heavy atom. The number of carbonyl (C=O) groups excluding carboxylic acids is 1. The topological polar surface area (TPSA) is 42.0 Å². The molecule has 3 heteroatoms. The molecule has 14 heavy (non-hydrogen) atoms. The van der Waals surface area contributed by atoms with E-state index in [1.165, 1.54) is 12.8 Å². The van der Waals surface area contributed by atoms with Crippen LogP contribution in [0.15, 0.2) is 24.5 Å². The second-order valence-electron chi connectivity index (χ2n) is 3.80. The zero-order chi connectivity index (χ0) is 9.97. The molecule has 0 spiro atoms. The highest BCUT2D eigenvalue weighted by Gasteiger charge is 2.32. The summed E-state index contributed by atoms with van der Waals surface area (Å²) in [4.78, 5) is 15.0. The van der Waals surface area contributed by atoms with E-state index < -0.39 is 0 Å². The quantitative estimate of drug-likeness (QED) is 0.787. The second kappa shape index (κ2) is 3.78. The number of nitrogens with zero attached hydrogens (tertiary/aromatic N) is 1. The third kappa shape index (κ3) is 2.10. The van der Waals surface area contributed by atoms with Gasteiger partial charge >= 0.3 is 0 Å². The molecule has 0 aliphatic heterocycles. The molecule has 1 saturated carbocycles. The number of nitrogens with one attached hydrogen (secondary N) is 1. The maximum absolute atomic E-state index is 11.0. The Balaban J connectivity index is 2.14. The first kappa shape index (κ1) is 9.19. The van der Waals surface area contributed by atoms with E-state index in [0.717, 1.165) is 5.56 Å². The summed E-state index contributed by atoms with van der Waals surface area (Å²) >= 11 is 0. The van der Waals surface area contributed by atoms with Crippen molar-refractivity contribution in [2.75, 3.05) is 0 Å². The van der Waals surface area contributed by atoms with Crippen molar-refractivity contribution in [2.24, 2.45) is 5.92 Å². The number of pyridine rings is 1. The molecule has 1 heterocycles. The second-order valence-corrected chi connectivity index (χ2v) is 3.80. The summed E-state index contributed by atoms with van der Waals surface area (Å²) < 4.78 is 0. The number of carbonyl (C=O) groups is 1. The summed E-state index contributed by atoms with van der Waals surface area (Å²) in [5.41, 5.74) is 1.16. The maximum Gasteiger partial charge on any atom is 0.217 e.